The molecule has 2 aromatic rings. The standard InChI is InChI=1S/C25H24F2N2O4/c1-5-29-23(32)18-8-6-15(10-20(18)24(29)33)13(2)12-25(26,27)14(3)16-7-9-17-19(11-16)22(31)28(4)21(17)30/h6-11,13-14H,5,12H2,1-4H3. The predicted octanol–water partition coefficient (Wildman–Crippen LogP) is 4.46. The second-order valence-corrected chi connectivity index (χ2v) is 8.72. The molecule has 8 heteroatoms. The van der Waals surface area contributed by atoms with E-state index in [1.54, 1.807) is 19.9 Å². The minimum atomic E-state index is -3.13. The van der Waals surface area contributed by atoms with Gasteiger partial charge < -0.3 is 0 Å². The molecule has 2 atom stereocenters. The number of benzene rings is 2. The summed E-state index contributed by atoms with van der Waals surface area (Å²) in [6.07, 6.45) is -0.490. The number of halogens is 2. The first-order chi connectivity index (χ1) is 15.5. The fourth-order valence-corrected chi connectivity index (χ4v) is 4.50. The van der Waals surface area contributed by atoms with Gasteiger partial charge in [-0.3, -0.25) is 29.0 Å². The van der Waals surface area contributed by atoms with Gasteiger partial charge in [-0.05, 0) is 48.2 Å². The monoisotopic (exact) mass is 454 g/mol. The summed E-state index contributed by atoms with van der Waals surface area (Å²) in [6.45, 7) is 5.00. The van der Waals surface area contributed by atoms with E-state index >= 15 is 8.78 Å². The summed E-state index contributed by atoms with van der Waals surface area (Å²) in [5.41, 5.74) is 1.71. The second kappa shape index (κ2) is 7.86. The van der Waals surface area contributed by atoms with Crippen molar-refractivity contribution < 1.29 is 28.0 Å². The van der Waals surface area contributed by atoms with E-state index in [-0.39, 0.29) is 34.7 Å². The SMILES string of the molecule is CCN1C(=O)c2ccc(C(C)CC(F)(F)C(C)c3ccc4c(c3)C(=O)N(C)C4=O)cc2C1=O. The summed E-state index contributed by atoms with van der Waals surface area (Å²) in [6, 6.07) is 8.94. The molecule has 0 aromatic heterocycles. The van der Waals surface area contributed by atoms with Crippen molar-refractivity contribution in [1.29, 1.82) is 0 Å². The Bertz CT molecular complexity index is 1210. The molecular weight excluding hydrogens is 430 g/mol. The number of imide groups is 2. The van der Waals surface area contributed by atoms with Gasteiger partial charge in [0.05, 0.1) is 22.3 Å². The van der Waals surface area contributed by atoms with Crippen molar-refractivity contribution in [1.82, 2.24) is 9.80 Å². The number of hydrogen-bond acceptors (Lipinski definition) is 4. The van der Waals surface area contributed by atoms with Gasteiger partial charge in [-0.25, -0.2) is 8.78 Å². The topological polar surface area (TPSA) is 74.8 Å². The van der Waals surface area contributed by atoms with E-state index in [0.29, 0.717) is 11.1 Å². The first-order valence-corrected chi connectivity index (χ1v) is 10.8. The number of carbonyl (C=O) groups excluding carboxylic acids is 4. The quantitative estimate of drug-likeness (QED) is 0.604. The predicted molar refractivity (Wildman–Crippen MR) is 117 cm³/mol. The Balaban J connectivity index is 1.56. The van der Waals surface area contributed by atoms with Crippen LogP contribution in [-0.4, -0.2) is 52.9 Å². The van der Waals surface area contributed by atoms with Gasteiger partial charge in [-0.2, -0.15) is 0 Å². The smallest absolute Gasteiger partial charge is 0.261 e. The summed E-state index contributed by atoms with van der Waals surface area (Å²) in [5.74, 6) is -6.64. The number of fused-ring (bicyclic) bond motifs is 2. The molecule has 0 saturated heterocycles. The van der Waals surface area contributed by atoms with Gasteiger partial charge >= 0.3 is 0 Å². The zero-order valence-electron chi connectivity index (χ0n) is 18.8. The molecule has 2 heterocycles. The highest BCUT2D eigenvalue weighted by Gasteiger charge is 2.41. The van der Waals surface area contributed by atoms with Crippen LogP contribution in [0, 0.1) is 0 Å². The van der Waals surface area contributed by atoms with Crippen LogP contribution in [0.1, 0.15) is 91.6 Å². The normalized spacial score (nSPS) is 17.5. The van der Waals surface area contributed by atoms with Crippen LogP contribution in [0.3, 0.4) is 0 Å². The third-order valence-electron chi connectivity index (χ3n) is 6.71. The Morgan fingerprint density at radius 3 is 1.91 bits per heavy atom. The lowest BCUT2D eigenvalue weighted by Gasteiger charge is -2.27. The maximum atomic E-state index is 15.3. The molecular formula is C25H24F2N2O4. The lowest BCUT2D eigenvalue weighted by Crippen LogP contribution is -2.29. The van der Waals surface area contributed by atoms with E-state index in [1.165, 1.54) is 44.3 Å². The van der Waals surface area contributed by atoms with Gasteiger partial charge in [0.2, 0.25) is 0 Å². The highest BCUT2D eigenvalue weighted by Crippen LogP contribution is 2.42. The van der Waals surface area contributed by atoms with E-state index in [1.807, 2.05) is 0 Å². The van der Waals surface area contributed by atoms with Crippen molar-refractivity contribution in [2.24, 2.45) is 0 Å². The minimum absolute atomic E-state index is 0.137. The second-order valence-electron chi connectivity index (χ2n) is 8.72. The molecule has 0 radical (unpaired) electrons. The molecule has 2 aliphatic heterocycles. The molecule has 0 aliphatic carbocycles. The Hall–Kier alpha value is -3.42. The van der Waals surface area contributed by atoms with Crippen molar-refractivity contribution in [3.05, 3.63) is 69.8 Å². The summed E-state index contributed by atoms with van der Waals surface area (Å²) < 4.78 is 30.6. The van der Waals surface area contributed by atoms with E-state index < -0.39 is 41.9 Å². The van der Waals surface area contributed by atoms with Gasteiger partial charge in [0, 0.05) is 25.9 Å². The summed E-state index contributed by atoms with van der Waals surface area (Å²) >= 11 is 0. The molecule has 0 saturated carbocycles. The first kappa shape index (κ1) is 22.8. The summed E-state index contributed by atoms with van der Waals surface area (Å²) in [5, 5.41) is 0. The summed E-state index contributed by atoms with van der Waals surface area (Å²) in [4.78, 5) is 51.1. The van der Waals surface area contributed by atoms with Crippen LogP contribution in [-0.2, 0) is 0 Å². The van der Waals surface area contributed by atoms with Crippen LogP contribution in [0.5, 0.6) is 0 Å². The number of rotatable bonds is 6. The van der Waals surface area contributed by atoms with Gasteiger partial charge in [0.1, 0.15) is 0 Å². The molecule has 4 rings (SSSR count). The largest absolute Gasteiger partial charge is 0.277 e. The van der Waals surface area contributed by atoms with Crippen LogP contribution >= 0.6 is 0 Å². The Kier molecular flexibility index (Phi) is 5.42. The van der Waals surface area contributed by atoms with Crippen LogP contribution < -0.4 is 0 Å². The molecule has 4 amide bonds. The molecule has 2 aliphatic rings. The number of carbonyl (C=O) groups is 4. The van der Waals surface area contributed by atoms with Crippen molar-refractivity contribution in [3.8, 4) is 0 Å². The molecule has 172 valence electrons. The van der Waals surface area contributed by atoms with Gasteiger partial charge in [0.25, 0.3) is 29.6 Å². The highest BCUT2D eigenvalue weighted by molar-refractivity contribution is 6.22. The molecule has 6 nitrogen and oxygen atoms in total. The summed E-state index contributed by atoms with van der Waals surface area (Å²) in [7, 11) is 1.36. The van der Waals surface area contributed by atoms with Crippen LogP contribution in [0.2, 0.25) is 0 Å². The average molecular weight is 454 g/mol. The number of amides is 4. The van der Waals surface area contributed by atoms with Crippen molar-refractivity contribution in [2.45, 2.75) is 45.0 Å². The van der Waals surface area contributed by atoms with Crippen molar-refractivity contribution in [2.75, 3.05) is 13.6 Å². The first-order valence-electron chi connectivity index (χ1n) is 10.8. The Morgan fingerprint density at radius 1 is 0.788 bits per heavy atom. The average Bonchev–Trinajstić information content (AvgIpc) is 3.16. The highest BCUT2D eigenvalue weighted by atomic mass is 19.3. The lowest BCUT2D eigenvalue weighted by molar-refractivity contribution is -0.0354. The van der Waals surface area contributed by atoms with E-state index in [9.17, 15) is 19.2 Å². The third-order valence-corrected chi connectivity index (χ3v) is 6.71. The van der Waals surface area contributed by atoms with Gasteiger partial charge in [0.15, 0.2) is 0 Å². The molecule has 0 N–H and O–H groups in total. The fraction of sp³-hybridized carbons (Fsp3) is 0.360. The van der Waals surface area contributed by atoms with Crippen LogP contribution in [0.25, 0.3) is 0 Å². The fourth-order valence-electron chi connectivity index (χ4n) is 4.50. The van der Waals surface area contributed by atoms with Crippen LogP contribution in [0.15, 0.2) is 36.4 Å². The lowest BCUT2D eigenvalue weighted by atomic mass is 9.84. The number of alkyl halides is 2. The maximum Gasteiger partial charge on any atom is 0.261 e. The Morgan fingerprint density at radius 2 is 1.27 bits per heavy atom. The number of nitrogens with zero attached hydrogens (tertiary/aromatic N) is 2. The zero-order valence-corrected chi connectivity index (χ0v) is 18.8. The third kappa shape index (κ3) is 3.53. The van der Waals surface area contributed by atoms with Gasteiger partial charge in [-0.15, -0.1) is 0 Å². The minimum Gasteiger partial charge on any atom is -0.277 e. The van der Waals surface area contributed by atoms with Crippen LogP contribution in [0.4, 0.5) is 8.78 Å². The molecule has 2 unspecified atom stereocenters. The Labute approximate surface area is 190 Å². The van der Waals surface area contributed by atoms with Crippen molar-refractivity contribution >= 4 is 23.6 Å². The molecule has 33 heavy (non-hydrogen) atoms. The molecule has 0 bridgehead atoms. The zero-order chi connectivity index (χ0) is 24.2. The van der Waals surface area contributed by atoms with Gasteiger partial charge in [-0.1, -0.05) is 26.0 Å². The number of hydrogen-bond donors (Lipinski definition) is 0. The molecule has 0 spiro atoms. The van der Waals surface area contributed by atoms with E-state index in [2.05, 4.69) is 0 Å². The van der Waals surface area contributed by atoms with Crippen molar-refractivity contribution in [3.63, 3.8) is 0 Å². The van der Waals surface area contributed by atoms with E-state index in [0.717, 1.165) is 9.80 Å². The molecule has 2 aromatic carbocycles. The van der Waals surface area contributed by atoms with E-state index in [4.69, 9.17) is 0 Å². The molecule has 0 fully saturated rings. The maximum absolute atomic E-state index is 15.3.